The van der Waals surface area contributed by atoms with Gasteiger partial charge in [0.1, 0.15) is 16.4 Å². The zero-order chi connectivity index (χ0) is 23.4. The minimum absolute atomic E-state index is 0.000544. The molecule has 0 radical (unpaired) electrons. The number of hydrogen-bond acceptors (Lipinski definition) is 6. The summed E-state index contributed by atoms with van der Waals surface area (Å²) in [4.78, 5) is 13.6. The number of carbonyl (C=O) groups excluding carboxylic acids is 1. The Bertz CT molecular complexity index is 1290. The Kier molecular flexibility index (Phi) is 6.79. The molecule has 1 fully saturated rings. The highest BCUT2D eigenvalue weighted by molar-refractivity contribution is 7.86. The first-order valence-electron chi connectivity index (χ1n) is 11.1. The van der Waals surface area contributed by atoms with Crippen LogP contribution in [-0.4, -0.2) is 27.0 Å². The van der Waals surface area contributed by atoms with Gasteiger partial charge in [0, 0.05) is 10.9 Å². The van der Waals surface area contributed by atoms with Gasteiger partial charge in [-0.15, -0.1) is 0 Å². The molecule has 0 saturated heterocycles. The Morgan fingerprint density at radius 1 is 0.970 bits per heavy atom. The third kappa shape index (κ3) is 5.09. The highest BCUT2D eigenvalue weighted by Gasteiger charge is 2.26. The summed E-state index contributed by atoms with van der Waals surface area (Å²) in [5.41, 5.74) is 1.49. The number of Topliss-reactive ketones (excluding diaryl/α,β-unsaturated/α-hetero) is 1. The lowest BCUT2D eigenvalue weighted by molar-refractivity contribution is 0.106. The average Bonchev–Trinajstić information content (AvgIpc) is 3.34. The number of aryl methyl sites for hydroxylation is 1. The summed E-state index contributed by atoms with van der Waals surface area (Å²) in [6.45, 7) is 1.87. The summed E-state index contributed by atoms with van der Waals surface area (Å²) in [5.74, 6) is 0.609. The SMILES string of the molecule is COc1ccc(C(=O)/C(CC2CCCC2)=N/OS(=O)(=O)c2ccc(C)cc2)c2ccccc12. The molecule has 3 aromatic carbocycles. The molecule has 172 valence electrons. The maximum Gasteiger partial charge on any atom is 0.358 e. The molecule has 1 saturated carbocycles. The normalized spacial score (nSPS) is 15.0. The van der Waals surface area contributed by atoms with Crippen LogP contribution in [0.4, 0.5) is 0 Å². The molecule has 1 aliphatic carbocycles. The number of benzene rings is 3. The summed E-state index contributed by atoms with van der Waals surface area (Å²) < 4.78 is 35.8. The fourth-order valence-electron chi connectivity index (χ4n) is 4.30. The number of methoxy groups -OCH3 is 1. The van der Waals surface area contributed by atoms with E-state index in [9.17, 15) is 13.2 Å². The Balaban J connectivity index is 1.71. The van der Waals surface area contributed by atoms with Crippen molar-refractivity contribution in [2.75, 3.05) is 7.11 Å². The van der Waals surface area contributed by atoms with Crippen molar-refractivity contribution in [3.8, 4) is 5.75 Å². The highest BCUT2D eigenvalue weighted by Crippen LogP contribution is 2.32. The molecular weight excluding hydrogens is 438 g/mol. The minimum atomic E-state index is -4.13. The first kappa shape index (κ1) is 23.0. The van der Waals surface area contributed by atoms with Crippen LogP contribution in [0.2, 0.25) is 0 Å². The summed E-state index contributed by atoms with van der Waals surface area (Å²) in [6.07, 6.45) is 4.55. The largest absolute Gasteiger partial charge is 0.496 e. The molecule has 0 unspecified atom stereocenters. The lowest BCUT2D eigenvalue weighted by atomic mass is 9.93. The summed E-state index contributed by atoms with van der Waals surface area (Å²) in [7, 11) is -2.55. The van der Waals surface area contributed by atoms with Crippen molar-refractivity contribution in [1.29, 1.82) is 0 Å². The fourth-order valence-corrected chi connectivity index (χ4v) is 5.05. The van der Waals surface area contributed by atoms with E-state index in [2.05, 4.69) is 5.16 Å². The second-order valence-corrected chi connectivity index (χ2v) is 9.95. The number of nitrogens with zero attached hydrogens (tertiary/aromatic N) is 1. The number of carbonyl (C=O) groups is 1. The zero-order valence-corrected chi connectivity index (χ0v) is 19.6. The molecule has 0 heterocycles. The topological polar surface area (TPSA) is 82.0 Å². The van der Waals surface area contributed by atoms with Gasteiger partial charge in [0.2, 0.25) is 5.78 Å². The number of oxime groups is 1. The van der Waals surface area contributed by atoms with Gasteiger partial charge < -0.3 is 4.74 Å². The van der Waals surface area contributed by atoms with Crippen molar-refractivity contribution in [2.24, 2.45) is 11.1 Å². The second kappa shape index (κ2) is 9.75. The lowest BCUT2D eigenvalue weighted by Gasteiger charge is -2.13. The molecule has 0 N–H and O–H groups in total. The van der Waals surface area contributed by atoms with Gasteiger partial charge in [-0.25, -0.2) is 0 Å². The molecule has 0 amide bonds. The molecule has 0 spiro atoms. The van der Waals surface area contributed by atoms with Crippen molar-refractivity contribution in [3.63, 3.8) is 0 Å². The number of hydrogen-bond donors (Lipinski definition) is 0. The van der Waals surface area contributed by atoms with E-state index >= 15 is 0 Å². The van der Waals surface area contributed by atoms with Gasteiger partial charge in [-0.2, -0.15) is 8.42 Å². The number of rotatable bonds is 8. The van der Waals surface area contributed by atoms with E-state index in [4.69, 9.17) is 9.02 Å². The summed E-state index contributed by atoms with van der Waals surface area (Å²) in [6, 6.07) is 17.2. The van der Waals surface area contributed by atoms with Crippen molar-refractivity contribution < 1.29 is 22.2 Å². The van der Waals surface area contributed by atoms with Gasteiger partial charge in [0.15, 0.2) is 0 Å². The quantitative estimate of drug-likeness (QED) is 0.243. The monoisotopic (exact) mass is 465 g/mol. The van der Waals surface area contributed by atoms with Gasteiger partial charge in [-0.3, -0.25) is 9.08 Å². The van der Waals surface area contributed by atoms with Gasteiger partial charge in [0.05, 0.1) is 7.11 Å². The Hall–Kier alpha value is -3.19. The van der Waals surface area contributed by atoms with Crippen LogP contribution in [0.3, 0.4) is 0 Å². The lowest BCUT2D eigenvalue weighted by Crippen LogP contribution is -2.19. The highest BCUT2D eigenvalue weighted by atomic mass is 32.2. The standard InChI is InChI=1S/C26H27NO5S/c1-18-11-13-20(14-12-18)33(29,30)32-27-24(17-19-7-3-4-8-19)26(28)23-15-16-25(31-2)22-10-6-5-9-21(22)23/h5-6,9-16,19H,3-4,7-8,17H2,1-2H3/b27-24+. The number of fused-ring (bicyclic) bond motifs is 1. The van der Waals surface area contributed by atoms with Crippen LogP contribution in [0.5, 0.6) is 5.75 Å². The molecular formula is C26H27NO5S. The van der Waals surface area contributed by atoms with Crippen LogP contribution in [-0.2, 0) is 14.4 Å². The molecule has 7 heteroatoms. The van der Waals surface area contributed by atoms with Crippen molar-refractivity contribution in [1.82, 2.24) is 0 Å². The van der Waals surface area contributed by atoms with Gasteiger partial charge in [-0.1, -0.05) is 72.8 Å². The minimum Gasteiger partial charge on any atom is -0.496 e. The predicted molar refractivity (Wildman–Crippen MR) is 128 cm³/mol. The molecule has 1 aliphatic rings. The molecule has 0 bridgehead atoms. The van der Waals surface area contributed by atoms with Gasteiger partial charge in [0.25, 0.3) is 0 Å². The number of ketones is 1. The van der Waals surface area contributed by atoms with E-state index in [0.717, 1.165) is 42.0 Å². The Morgan fingerprint density at radius 2 is 1.64 bits per heavy atom. The molecule has 4 rings (SSSR count). The van der Waals surface area contributed by atoms with Crippen LogP contribution in [0.25, 0.3) is 10.8 Å². The molecule has 33 heavy (non-hydrogen) atoms. The summed E-state index contributed by atoms with van der Waals surface area (Å²) >= 11 is 0. The van der Waals surface area contributed by atoms with Crippen LogP contribution in [0.15, 0.2) is 70.7 Å². The van der Waals surface area contributed by atoms with E-state index in [1.54, 1.807) is 31.4 Å². The van der Waals surface area contributed by atoms with E-state index < -0.39 is 10.1 Å². The van der Waals surface area contributed by atoms with Crippen molar-refractivity contribution in [2.45, 2.75) is 43.9 Å². The second-order valence-electron chi connectivity index (χ2n) is 8.42. The van der Waals surface area contributed by atoms with Crippen molar-refractivity contribution >= 4 is 32.4 Å². The van der Waals surface area contributed by atoms with Gasteiger partial charge >= 0.3 is 10.1 Å². The van der Waals surface area contributed by atoms with E-state index in [0.29, 0.717) is 17.7 Å². The molecule has 0 aromatic heterocycles. The fraction of sp³-hybridized carbons (Fsp3) is 0.308. The number of ether oxygens (including phenoxy) is 1. The third-order valence-electron chi connectivity index (χ3n) is 6.12. The van der Waals surface area contributed by atoms with Crippen LogP contribution < -0.4 is 4.74 Å². The van der Waals surface area contributed by atoms with Crippen LogP contribution in [0, 0.1) is 12.8 Å². The Morgan fingerprint density at radius 3 is 2.30 bits per heavy atom. The molecule has 3 aromatic rings. The maximum absolute atomic E-state index is 13.6. The predicted octanol–water partition coefficient (Wildman–Crippen LogP) is 5.68. The molecule has 0 aliphatic heterocycles. The maximum atomic E-state index is 13.6. The average molecular weight is 466 g/mol. The van der Waals surface area contributed by atoms with E-state index in [1.165, 1.54) is 12.1 Å². The van der Waals surface area contributed by atoms with Crippen LogP contribution in [0.1, 0.15) is 48.0 Å². The van der Waals surface area contributed by atoms with Gasteiger partial charge in [-0.05, 0) is 48.9 Å². The molecule has 6 nitrogen and oxygen atoms in total. The first-order chi connectivity index (χ1) is 15.9. The third-order valence-corrected chi connectivity index (χ3v) is 7.24. The van der Waals surface area contributed by atoms with Crippen molar-refractivity contribution in [3.05, 3.63) is 71.8 Å². The van der Waals surface area contributed by atoms with E-state index in [-0.39, 0.29) is 22.3 Å². The Labute approximate surface area is 194 Å². The smallest absolute Gasteiger partial charge is 0.358 e. The van der Waals surface area contributed by atoms with E-state index in [1.807, 2.05) is 31.2 Å². The van der Waals surface area contributed by atoms with Crippen LogP contribution >= 0.6 is 0 Å². The molecule has 0 atom stereocenters. The zero-order valence-electron chi connectivity index (χ0n) is 18.8. The first-order valence-corrected chi connectivity index (χ1v) is 12.5. The summed E-state index contributed by atoms with van der Waals surface area (Å²) in [5, 5.41) is 5.46.